The van der Waals surface area contributed by atoms with Crippen LogP contribution >= 0.6 is 11.6 Å². The third kappa shape index (κ3) is 4.13. The third-order valence-electron chi connectivity index (χ3n) is 3.99. The van der Waals surface area contributed by atoms with Gasteiger partial charge in [-0.05, 0) is 41.8 Å². The fraction of sp³-hybridized carbons (Fsp3) is 0.263. The van der Waals surface area contributed by atoms with Gasteiger partial charge in [0.05, 0.1) is 18.3 Å². The van der Waals surface area contributed by atoms with E-state index in [4.69, 9.17) is 16.3 Å². The SMILES string of the molecule is COc1cc(/C=N/N(CC(C)C)C2=NS(=O)(=O)c3ccc(O)cc32)ccc1Cl. The van der Waals surface area contributed by atoms with Crippen LogP contribution in [0.4, 0.5) is 0 Å². The van der Waals surface area contributed by atoms with Gasteiger partial charge in [0.25, 0.3) is 10.0 Å². The molecule has 0 amide bonds. The van der Waals surface area contributed by atoms with Crippen molar-refractivity contribution in [2.75, 3.05) is 13.7 Å². The third-order valence-corrected chi connectivity index (χ3v) is 5.63. The maximum atomic E-state index is 12.4. The molecule has 1 aliphatic rings. The topological polar surface area (TPSA) is 91.6 Å². The lowest BCUT2D eigenvalue weighted by Crippen LogP contribution is -2.29. The number of amidine groups is 1. The fourth-order valence-electron chi connectivity index (χ4n) is 2.74. The quantitative estimate of drug-likeness (QED) is 0.589. The summed E-state index contributed by atoms with van der Waals surface area (Å²) in [5, 5.41) is 16.3. The molecule has 0 aliphatic carbocycles. The van der Waals surface area contributed by atoms with Crippen LogP contribution in [0.25, 0.3) is 0 Å². The van der Waals surface area contributed by atoms with Gasteiger partial charge in [0, 0.05) is 12.1 Å². The normalized spacial score (nSPS) is 15.0. The summed E-state index contributed by atoms with van der Waals surface area (Å²) in [6, 6.07) is 9.25. The maximum absolute atomic E-state index is 12.4. The minimum absolute atomic E-state index is 0.0422. The molecule has 0 unspecified atom stereocenters. The van der Waals surface area contributed by atoms with Gasteiger partial charge < -0.3 is 9.84 Å². The molecular formula is C19H20ClN3O4S. The molecule has 1 aliphatic heterocycles. The highest BCUT2D eigenvalue weighted by atomic mass is 35.5. The zero-order valence-electron chi connectivity index (χ0n) is 15.6. The monoisotopic (exact) mass is 421 g/mol. The summed E-state index contributed by atoms with van der Waals surface area (Å²) in [7, 11) is -2.31. The first kappa shape index (κ1) is 20.2. The molecule has 7 nitrogen and oxygen atoms in total. The fourth-order valence-corrected chi connectivity index (χ4v) is 4.12. The van der Waals surface area contributed by atoms with Crippen LogP contribution in [0.1, 0.15) is 25.0 Å². The molecule has 148 valence electrons. The van der Waals surface area contributed by atoms with Crippen LogP contribution in [0.5, 0.6) is 11.5 Å². The van der Waals surface area contributed by atoms with Crippen LogP contribution in [0.3, 0.4) is 0 Å². The molecule has 0 radical (unpaired) electrons. The van der Waals surface area contributed by atoms with Gasteiger partial charge in [0.15, 0.2) is 5.84 Å². The average Bonchev–Trinajstić information content (AvgIpc) is 2.89. The predicted molar refractivity (Wildman–Crippen MR) is 109 cm³/mol. The van der Waals surface area contributed by atoms with E-state index in [1.807, 2.05) is 13.8 Å². The number of phenolic OH excluding ortho intramolecular Hbond substituents is 1. The van der Waals surface area contributed by atoms with Crippen molar-refractivity contribution >= 4 is 33.7 Å². The lowest BCUT2D eigenvalue weighted by Gasteiger charge is -2.21. The number of ether oxygens (including phenoxy) is 1. The Morgan fingerprint density at radius 3 is 2.71 bits per heavy atom. The second-order valence-electron chi connectivity index (χ2n) is 6.68. The summed E-state index contributed by atoms with van der Waals surface area (Å²) in [5.74, 6) is 0.831. The largest absolute Gasteiger partial charge is 0.508 e. The van der Waals surface area contributed by atoms with E-state index >= 15 is 0 Å². The van der Waals surface area contributed by atoms with Gasteiger partial charge in [-0.2, -0.15) is 13.5 Å². The van der Waals surface area contributed by atoms with Crippen molar-refractivity contribution in [2.24, 2.45) is 15.4 Å². The van der Waals surface area contributed by atoms with Gasteiger partial charge in [-0.15, -0.1) is 4.40 Å². The molecule has 0 atom stereocenters. The lowest BCUT2D eigenvalue weighted by molar-refractivity contribution is 0.385. The van der Waals surface area contributed by atoms with Crippen molar-refractivity contribution in [1.82, 2.24) is 5.01 Å². The highest BCUT2D eigenvalue weighted by Gasteiger charge is 2.32. The van der Waals surface area contributed by atoms with E-state index in [0.29, 0.717) is 22.9 Å². The molecule has 2 aromatic rings. The summed E-state index contributed by atoms with van der Waals surface area (Å²) in [6.45, 7) is 4.41. The maximum Gasteiger partial charge on any atom is 0.285 e. The summed E-state index contributed by atoms with van der Waals surface area (Å²) >= 11 is 6.04. The second-order valence-corrected chi connectivity index (χ2v) is 8.66. The highest BCUT2D eigenvalue weighted by molar-refractivity contribution is 7.90. The average molecular weight is 422 g/mol. The molecule has 0 spiro atoms. The Balaban J connectivity index is 2.01. The summed E-state index contributed by atoms with van der Waals surface area (Å²) in [6.07, 6.45) is 1.58. The molecule has 0 saturated heterocycles. The van der Waals surface area contributed by atoms with E-state index < -0.39 is 10.0 Å². The Hall–Kier alpha value is -2.58. The van der Waals surface area contributed by atoms with E-state index in [9.17, 15) is 13.5 Å². The highest BCUT2D eigenvalue weighted by Crippen LogP contribution is 2.31. The van der Waals surface area contributed by atoms with Crippen molar-refractivity contribution in [3.8, 4) is 11.5 Å². The smallest absolute Gasteiger partial charge is 0.285 e. The zero-order chi connectivity index (χ0) is 20.5. The van der Waals surface area contributed by atoms with Crippen molar-refractivity contribution < 1.29 is 18.3 Å². The van der Waals surface area contributed by atoms with Crippen LogP contribution in [-0.4, -0.2) is 44.2 Å². The van der Waals surface area contributed by atoms with Gasteiger partial charge in [0.2, 0.25) is 0 Å². The number of fused-ring (bicyclic) bond motifs is 1. The number of phenols is 1. The van der Waals surface area contributed by atoms with E-state index in [1.54, 1.807) is 24.4 Å². The van der Waals surface area contributed by atoms with Gasteiger partial charge >= 0.3 is 0 Å². The van der Waals surface area contributed by atoms with Crippen LogP contribution in [0.15, 0.2) is 50.8 Å². The molecular weight excluding hydrogens is 402 g/mol. The standard InChI is InChI=1S/C19H20ClN3O4S/c1-12(2)11-23(21-10-13-4-6-16(20)17(8-13)27-3)19-15-9-14(24)5-7-18(15)28(25,26)22-19/h4-10,12,24H,11H2,1-3H3/b21-10+. The van der Waals surface area contributed by atoms with E-state index in [0.717, 1.165) is 5.56 Å². The molecule has 0 bridgehead atoms. The molecule has 1 heterocycles. The molecule has 9 heteroatoms. The summed E-state index contributed by atoms with van der Waals surface area (Å²) in [4.78, 5) is 0.0532. The minimum Gasteiger partial charge on any atom is -0.508 e. The summed E-state index contributed by atoms with van der Waals surface area (Å²) in [5.41, 5.74) is 1.05. The molecule has 0 fully saturated rings. The van der Waals surface area contributed by atoms with Gasteiger partial charge in [-0.25, -0.2) is 5.01 Å². The Bertz CT molecular complexity index is 1060. The number of hydrogen-bond acceptors (Lipinski definition) is 6. The minimum atomic E-state index is -3.83. The Morgan fingerprint density at radius 2 is 2.04 bits per heavy atom. The second kappa shape index (κ2) is 7.81. The number of sulfonamides is 1. The Labute approximate surface area is 169 Å². The van der Waals surface area contributed by atoms with E-state index in [1.165, 1.54) is 30.3 Å². The van der Waals surface area contributed by atoms with Crippen molar-refractivity contribution in [3.05, 3.63) is 52.5 Å². The number of hydrogen-bond donors (Lipinski definition) is 1. The van der Waals surface area contributed by atoms with Crippen LogP contribution < -0.4 is 4.74 Å². The predicted octanol–water partition coefficient (Wildman–Crippen LogP) is 3.50. The van der Waals surface area contributed by atoms with Gasteiger partial charge in [0.1, 0.15) is 16.4 Å². The van der Waals surface area contributed by atoms with Crippen LogP contribution in [0.2, 0.25) is 5.02 Å². The molecule has 0 saturated carbocycles. The first-order valence-corrected chi connectivity index (χ1v) is 10.4. The zero-order valence-corrected chi connectivity index (χ0v) is 17.2. The molecule has 0 aromatic heterocycles. The Morgan fingerprint density at radius 1 is 1.29 bits per heavy atom. The molecule has 1 N–H and O–H groups in total. The number of hydrazone groups is 1. The lowest BCUT2D eigenvalue weighted by atomic mass is 10.1. The van der Waals surface area contributed by atoms with E-state index in [2.05, 4.69) is 9.50 Å². The number of nitrogens with zero attached hydrogens (tertiary/aromatic N) is 3. The first-order chi connectivity index (χ1) is 13.2. The van der Waals surface area contributed by atoms with Crippen molar-refractivity contribution in [1.29, 1.82) is 0 Å². The number of benzene rings is 2. The van der Waals surface area contributed by atoms with Crippen molar-refractivity contribution in [2.45, 2.75) is 18.7 Å². The van der Waals surface area contributed by atoms with Gasteiger partial charge in [-0.1, -0.05) is 31.5 Å². The number of methoxy groups -OCH3 is 1. The van der Waals surface area contributed by atoms with E-state index in [-0.39, 0.29) is 22.4 Å². The number of halogens is 1. The van der Waals surface area contributed by atoms with Crippen LogP contribution in [-0.2, 0) is 10.0 Å². The molecule has 28 heavy (non-hydrogen) atoms. The summed E-state index contributed by atoms with van der Waals surface area (Å²) < 4.78 is 33.9. The molecule has 3 rings (SSSR count). The van der Waals surface area contributed by atoms with Crippen LogP contribution in [0, 0.1) is 5.92 Å². The number of rotatable bonds is 5. The molecule has 2 aromatic carbocycles. The number of aromatic hydroxyl groups is 1. The first-order valence-electron chi connectivity index (χ1n) is 8.54. The Kier molecular flexibility index (Phi) is 5.62. The van der Waals surface area contributed by atoms with Crippen molar-refractivity contribution in [3.63, 3.8) is 0 Å². The van der Waals surface area contributed by atoms with Gasteiger partial charge in [-0.3, -0.25) is 0 Å².